The molecule has 0 unspecified atom stereocenters. The Bertz CT molecular complexity index is 1170. The fourth-order valence-corrected chi connectivity index (χ4v) is 4.84. The maximum absolute atomic E-state index is 12.7. The molecule has 1 aromatic carbocycles. The molecule has 0 saturated heterocycles. The maximum atomic E-state index is 12.7. The number of carbonyl (C=O) groups is 1. The van der Waals surface area contributed by atoms with E-state index in [2.05, 4.69) is 15.1 Å². The van der Waals surface area contributed by atoms with Crippen LogP contribution in [0, 0.1) is 13.8 Å². The number of aromatic nitrogens is 2. The zero-order valence-electron chi connectivity index (χ0n) is 17.0. The number of halogens is 2. The Labute approximate surface area is 190 Å². The monoisotopic (exact) mass is 484 g/mol. The average Bonchev–Trinajstić information content (AvgIpc) is 3.32. The quantitative estimate of drug-likeness (QED) is 0.450. The van der Waals surface area contributed by atoms with E-state index < -0.39 is 15.9 Å². The molecule has 8 nitrogen and oxygen atoms in total. The molecule has 0 radical (unpaired) electrons. The van der Waals surface area contributed by atoms with Crippen LogP contribution < -0.4 is 10.0 Å². The second-order valence-corrected chi connectivity index (χ2v) is 9.48. The van der Waals surface area contributed by atoms with Crippen LogP contribution in [0.2, 0.25) is 10.0 Å². The van der Waals surface area contributed by atoms with Crippen molar-refractivity contribution in [2.45, 2.75) is 38.3 Å². The van der Waals surface area contributed by atoms with Crippen molar-refractivity contribution in [1.82, 2.24) is 19.8 Å². The molecule has 0 atom stereocenters. The number of furan rings is 1. The molecule has 3 rings (SSSR count). The van der Waals surface area contributed by atoms with Crippen molar-refractivity contribution in [2.24, 2.45) is 0 Å². The van der Waals surface area contributed by atoms with Gasteiger partial charge < -0.3 is 9.73 Å². The molecule has 11 heteroatoms. The minimum Gasteiger partial charge on any atom is -0.468 e. The Morgan fingerprint density at radius 1 is 1.19 bits per heavy atom. The number of nitrogens with one attached hydrogen (secondary N) is 2. The van der Waals surface area contributed by atoms with E-state index in [1.54, 1.807) is 12.1 Å². The van der Waals surface area contributed by atoms with E-state index in [0.29, 0.717) is 25.3 Å². The first-order valence-corrected chi connectivity index (χ1v) is 11.7. The third-order valence-corrected chi connectivity index (χ3v) is 6.69. The van der Waals surface area contributed by atoms with E-state index in [9.17, 15) is 13.2 Å². The van der Waals surface area contributed by atoms with E-state index >= 15 is 0 Å². The van der Waals surface area contributed by atoms with Crippen LogP contribution >= 0.6 is 23.2 Å². The van der Waals surface area contributed by atoms with Crippen LogP contribution in [-0.4, -0.2) is 30.7 Å². The molecular weight excluding hydrogens is 463 g/mol. The van der Waals surface area contributed by atoms with Crippen molar-refractivity contribution in [3.63, 3.8) is 0 Å². The normalized spacial score (nSPS) is 11.6. The molecule has 0 aliphatic carbocycles. The lowest BCUT2D eigenvalue weighted by Crippen LogP contribution is -2.27. The summed E-state index contributed by atoms with van der Waals surface area (Å²) in [5, 5.41) is 7.10. The molecule has 0 fully saturated rings. The first-order valence-electron chi connectivity index (χ1n) is 9.47. The number of hydrogen-bond donors (Lipinski definition) is 2. The second kappa shape index (κ2) is 9.86. The van der Waals surface area contributed by atoms with Crippen LogP contribution in [0.5, 0.6) is 0 Å². The van der Waals surface area contributed by atoms with Gasteiger partial charge in [0.1, 0.15) is 10.7 Å². The Morgan fingerprint density at radius 2 is 1.97 bits per heavy atom. The van der Waals surface area contributed by atoms with Gasteiger partial charge in [-0.05, 0) is 50.6 Å². The number of hydrogen-bond acceptors (Lipinski definition) is 5. The largest absolute Gasteiger partial charge is 0.468 e. The number of amides is 1. The number of sulfonamides is 1. The van der Waals surface area contributed by atoms with Gasteiger partial charge in [0, 0.05) is 18.8 Å². The van der Waals surface area contributed by atoms with Crippen molar-refractivity contribution < 1.29 is 17.6 Å². The van der Waals surface area contributed by atoms with Crippen LogP contribution in [0.4, 0.5) is 0 Å². The molecule has 0 spiro atoms. The molecule has 2 heterocycles. The molecule has 31 heavy (non-hydrogen) atoms. The van der Waals surface area contributed by atoms with Crippen LogP contribution in [0.3, 0.4) is 0 Å². The molecule has 3 aromatic rings. The number of benzene rings is 1. The highest BCUT2D eigenvalue weighted by atomic mass is 35.5. The highest BCUT2D eigenvalue weighted by Crippen LogP contribution is 2.29. The molecular formula is C20H22Cl2N4O4S. The van der Waals surface area contributed by atoms with E-state index in [1.165, 1.54) is 18.4 Å². The van der Waals surface area contributed by atoms with Gasteiger partial charge >= 0.3 is 0 Å². The zero-order valence-corrected chi connectivity index (χ0v) is 19.3. The molecule has 1 amide bonds. The van der Waals surface area contributed by atoms with Gasteiger partial charge in [0.15, 0.2) is 0 Å². The van der Waals surface area contributed by atoms with Gasteiger partial charge in [0.05, 0.1) is 34.1 Å². The van der Waals surface area contributed by atoms with Gasteiger partial charge in [0.2, 0.25) is 10.0 Å². The average molecular weight is 485 g/mol. The first kappa shape index (κ1) is 23.3. The summed E-state index contributed by atoms with van der Waals surface area (Å²) >= 11 is 12.2. The SMILES string of the molecule is Cc1cc(C)n(CCCNC(=O)c2cc(S(=O)(=O)NCc3ccco3)c(Cl)cc2Cl)n1. The van der Waals surface area contributed by atoms with Crippen molar-refractivity contribution in [2.75, 3.05) is 6.54 Å². The summed E-state index contributed by atoms with van der Waals surface area (Å²) in [5.74, 6) is -0.0493. The van der Waals surface area contributed by atoms with Crippen LogP contribution in [0.25, 0.3) is 0 Å². The fraction of sp³-hybridized carbons (Fsp3) is 0.300. The van der Waals surface area contributed by atoms with E-state index in [0.717, 1.165) is 11.4 Å². The molecule has 2 N–H and O–H groups in total. The minimum atomic E-state index is -4.00. The molecule has 2 aromatic heterocycles. The Balaban J connectivity index is 1.66. The lowest BCUT2D eigenvalue weighted by Gasteiger charge is -2.12. The van der Waals surface area contributed by atoms with Crippen LogP contribution in [0.15, 0.2) is 45.9 Å². The van der Waals surface area contributed by atoms with Crippen molar-refractivity contribution >= 4 is 39.1 Å². The lowest BCUT2D eigenvalue weighted by atomic mass is 10.2. The number of carbonyl (C=O) groups excluding carboxylic acids is 1. The summed E-state index contributed by atoms with van der Waals surface area (Å²) in [6, 6.07) is 7.68. The summed E-state index contributed by atoms with van der Waals surface area (Å²) < 4.78 is 34.7. The number of nitrogens with zero attached hydrogens (tertiary/aromatic N) is 2. The van der Waals surface area contributed by atoms with Crippen LogP contribution in [-0.2, 0) is 23.1 Å². The Morgan fingerprint density at radius 3 is 2.61 bits per heavy atom. The zero-order chi connectivity index (χ0) is 22.6. The molecule has 0 aliphatic heterocycles. The van der Waals surface area contributed by atoms with Gasteiger partial charge in [-0.2, -0.15) is 5.10 Å². The Hall–Kier alpha value is -2.33. The standard InChI is InChI=1S/C20H22Cl2N4O4S/c1-13-9-14(2)26(25-13)7-4-6-23-20(27)16-10-19(18(22)11-17(16)21)31(28,29)24-12-15-5-3-8-30-15/h3,5,8-11,24H,4,6-7,12H2,1-2H3,(H,23,27). The summed E-state index contributed by atoms with van der Waals surface area (Å²) in [5.41, 5.74) is 2.00. The van der Waals surface area contributed by atoms with Crippen LogP contribution in [0.1, 0.15) is 33.9 Å². The third-order valence-electron chi connectivity index (χ3n) is 4.51. The predicted molar refractivity (Wildman–Crippen MR) is 118 cm³/mol. The highest BCUT2D eigenvalue weighted by molar-refractivity contribution is 7.89. The van der Waals surface area contributed by atoms with Gasteiger partial charge in [-0.3, -0.25) is 9.48 Å². The molecule has 166 valence electrons. The van der Waals surface area contributed by atoms with Crippen molar-refractivity contribution in [3.05, 3.63) is 69.4 Å². The van der Waals surface area contributed by atoms with E-state index in [4.69, 9.17) is 27.6 Å². The van der Waals surface area contributed by atoms with Crippen molar-refractivity contribution in [3.8, 4) is 0 Å². The first-order chi connectivity index (χ1) is 14.7. The second-order valence-electron chi connectivity index (χ2n) is 6.93. The van der Waals surface area contributed by atoms with Gasteiger partial charge in [0.25, 0.3) is 5.91 Å². The Kier molecular flexibility index (Phi) is 7.42. The highest BCUT2D eigenvalue weighted by Gasteiger charge is 2.23. The molecule has 0 aliphatic rings. The fourth-order valence-electron chi connectivity index (χ4n) is 2.99. The number of aryl methyl sites for hydroxylation is 3. The third kappa shape index (κ3) is 5.88. The van der Waals surface area contributed by atoms with Gasteiger partial charge in [-0.15, -0.1) is 0 Å². The number of rotatable bonds is 9. The summed E-state index contributed by atoms with van der Waals surface area (Å²) in [6.07, 6.45) is 2.09. The summed E-state index contributed by atoms with van der Waals surface area (Å²) in [6.45, 7) is 4.85. The molecule has 0 bridgehead atoms. The van der Waals surface area contributed by atoms with Gasteiger partial charge in [-0.25, -0.2) is 13.1 Å². The summed E-state index contributed by atoms with van der Waals surface area (Å²) in [7, 11) is -4.00. The van der Waals surface area contributed by atoms with E-state index in [-0.39, 0.29) is 27.0 Å². The van der Waals surface area contributed by atoms with Gasteiger partial charge in [-0.1, -0.05) is 23.2 Å². The lowest BCUT2D eigenvalue weighted by molar-refractivity contribution is 0.0952. The maximum Gasteiger partial charge on any atom is 0.252 e. The molecule has 0 saturated carbocycles. The van der Waals surface area contributed by atoms with Crippen molar-refractivity contribution in [1.29, 1.82) is 0 Å². The van der Waals surface area contributed by atoms with E-state index in [1.807, 2.05) is 24.6 Å². The summed E-state index contributed by atoms with van der Waals surface area (Å²) in [4.78, 5) is 12.4. The minimum absolute atomic E-state index is 0.0237. The smallest absolute Gasteiger partial charge is 0.252 e. The predicted octanol–water partition coefficient (Wildman–Crippen LogP) is 3.70. The topological polar surface area (TPSA) is 106 Å².